The number of aliphatic hydroxyl groups is 8. The van der Waals surface area contributed by atoms with E-state index in [0.717, 1.165) is 12.2 Å². The van der Waals surface area contributed by atoms with Crippen molar-refractivity contribution in [3.8, 4) is 0 Å². The summed E-state index contributed by atoms with van der Waals surface area (Å²) in [6.45, 7) is 5.67. The molecule has 0 aromatic heterocycles. The Balaban J connectivity index is 0.000000706. The molecule has 0 unspecified atom stereocenters. The Kier molecular flexibility index (Phi) is 33.4. The number of carbonyl (C=O) groups excluding carboxylic acids is 3. The van der Waals surface area contributed by atoms with Gasteiger partial charge in [0.05, 0.1) is 75.4 Å². The van der Waals surface area contributed by atoms with Crippen molar-refractivity contribution in [2.75, 3.05) is 127 Å². The van der Waals surface area contributed by atoms with Crippen LogP contribution in [0.5, 0.6) is 0 Å². The van der Waals surface area contributed by atoms with E-state index in [1.807, 2.05) is 0 Å². The molecule has 33 heteroatoms. The van der Waals surface area contributed by atoms with Crippen LogP contribution in [0.4, 0.5) is 27.5 Å². The van der Waals surface area contributed by atoms with Crippen LogP contribution in [-0.4, -0.2) is 223 Å². The van der Waals surface area contributed by atoms with Crippen LogP contribution < -0.4 is 42.8 Å². The standard InChI is InChI=1S/C35H24N6O13S2.4C4H11NO2/c42-31-25-11-9-23(13-19(25)15-27(55(49,50)51)29(31)40-38-21-5-1-17(2-6-21)33(44)45)36-35(48)37-24-10-12-26-20(14-24)16-28(56(52,53)54)30(32(26)43)41-39-22-7-3-18(4-8-22)34(46)47;4*6-3-1-5-2-4-7/h1-16,38-39H,(H,44,45)(H,46,47)(H2,36,37,48)(H,49,50,51)(H,52,53,54);4*5-7H,1-4H2/b40-29-,41-30+;;;;. The number of carboxylic acid groups (broad SMARTS) is 2. The van der Waals surface area contributed by atoms with Gasteiger partial charge in [0.1, 0.15) is 9.81 Å². The number of amides is 2. The topological polar surface area (TPSA) is 517 Å². The van der Waals surface area contributed by atoms with Crippen molar-refractivity contribution < 1.29 is 101 Å². The van der Waals surface area contributed by atoms with Gasteiger partial charge in [0.2, 0.25) is 11.6 Å². The van der Waals surface area contributed by atoms with Crippen LogP contribution >= 0.6 is 0 Å². The second kappa shape index (κ2) is 38.9. The smallest absolute Gasteiger partial charge is 0.335 e. The molecule has 2 aliphatic carbocycles. The Bertz CT molecular complexity index is 2900. The maximum atomic E-state index is 13.3. The number of nitrogens with zero attached hydrogens (tertiary/aromatic N) is 2. The maximum absolute atomic E-state index is 13.3. The summed E-state index contributed by atoms with van der Waals surface area (Å²) < 4.78 is 68.9. The van der Waals surface area contributed by atoms with E-state index in [9.17, 15) is 49.9 Å². The van der Waals surface area contributed by atoms with Gasteiger partial charge in [0, 0.05) is 74.9 Å². The van der Waals surface area contributed by atoms with Crippen molar-refractivity contribution in [2.24, 2.45) is 10.2 Å². The van der Waals surface area contributed by atoms with Crippen molar-refractivity contribution in [3.05, 3.63) is 128 Å². The number of Topliss-reactive ketones (excluding diaryl/α,β-unsaturated/α-hetero) is 2. The lowest BCUT2D eigenvalue weighted by molar-refractivity contribution is 0.0686. The van der Waals surface area contributed by atoms with Gasteiger partial charge in [-0.15, -0.1) is 0 Å². The highest BCUT2D eigenvalue weighted by molar-refractivity contribution is 7.91. The lowest BCUT2D eigenvalue weighted by atomic mass is 9.94. The minimum Gasteiger partial charge on any atom is -0.478 e. The van der Waals surface area contributed by atoms with Crippen LogP contribution in [0.15, 0.2) is 105 Å². The number of allylic oxidation sites excluding steroid dienone is 2. The second-order valence-electron chi connectivity index (χ2n) is 16.5. The van der Waals surface area contributed by atoms with Crippen LogP contribution in [0, 0.1) is 0 Å². The summed E-state index contributed by atoms with van der Waals surface area (Å²) in [5.74, 6) is -4.17. The van der Waals surface area contributed by atoms with Crippen molar-refractivity contribution in [1.29, 1.82) is 0 Å². The highest BCUT2D eigenvalue weighted by Crippen LogP contribution is 2.30. The summed E-state index contributed by atoms with van der Waals surface area (Å²) in [7, 11) is -10.0. The number of nitrogens with one attached hydrogen (secondary N) is 8. The molecule has 4 aromatic rings. The number of anilines is 4. The van der Waals surface area contributed by atoms with E-state index in [0.29, 0.717) is 52.4 Å². The van der Waals surface area contributed by atoms with E-state index < -0.39 is 71.0 Å². The Labute approximate surface area is 481 Å². The Morgan fingerprint density at radius 2 is 0.667 bits per heavy atom. The molecule has 0 fully saturated rings. The number of rotatable bonds is 26. The van der Waals surface area contributed by atoms with Crippen molar-refractivity contribution in [3.63, 3.8) is 0 Å². The number of aliphatic hydroxyl groups excluding tert-OH is 8. The number of aromatic carboxylic acids is 2. The lowest BCUT2D eigenvalue weighted by Gasteiger charge is -2.18. The van der Waals surface area contributed by atoms with Crippen molar-refractivity contribution in [1.82, 2.24) is 21.3 Å². The minimum absolute atomic E-state index is 0.00964. The fourth-order valence-corrected chi connectivity index (χ4v) is 7.80. The quantitative estimate of drug-likeness (QED) is 0.0198. The molecule has 6 rings (SSSR count). The van der Waals surface area contributed by atoms with E-state index >= 15 is 0 Å². The number of ketones is 2. The van der Waals surface area contributed by atoms with Gasteiger partial charge in [0.15, 0.2) is 11.4 Å². The van der Waals surface area contributed by atoms with Gasteiger partial charge >= 0.3 is 18.0 Å². The molecule has 4 aromatic carbocycles. The summed E-state index contributed by atoms with van der Waals surface area (Å²) in [5.41, 5.74) is 3.94. The fourth-order valence-electron chi connectivity index (χ4n) is 6.48. The van der Waals surface area contributed by atoms with E-state index in [-0.39, 0.29) is 109 Å². The Morgan fingerprint density at radius 3 is 0.905 bits per heavy atom. The highest BCUT2D eigenvalue weighted by atomic mass is 32.2. The van der Waals surface area contributed by atoms with Gasteiger partial charge in [0.25, 0.3) is 20.2 Å². The number of carboxylic acids is 2. The molecular formula is C51H68N10O21S2. The summed E-state index contributed by atoms with van der Waals surface area (Å²) in [5, 5.41) is 107. The van der Waals surface area contributed by atoms with E-state index in [2.05, 4.69) is 53.0 Å². The maximum Gasteiger partial charge on any atom is 0.335 e. The zero-order chi connectivity index (χ0) is 62.7. The van der Waals surface area contributed by atoms with Gasteiger partial charge in [-0.05, 0) is 108 Å². The molecule has 20 N–H and O–H groups in total. The highest BCUT2D eigenvalue weighted by Gasteiger charge is 2.34. The minimum atomic E-state index is -5.02. The van der Waals surface area contributed by atoms with Crippen LogP contribution in [0.2, 0.25) is 0 Å². The molecule has 84 heavy (non-hydrogen) atoms. The van der Waals surface area contributed by atoms with E-state index in [1.165, 1.54) is 84.9 Å². The SMILES string of the molecule is O=C(Nc1ccc2c(c1)C=C(S(=O)(=O)O)/C(=N\Nc1ccc(C(=O)O)cc1)C2=O)Nc1ccc2c(c1)C=C(S(=O)(=O)O)/C(=N/Nc1ccc(C(=O)O)cc1)C2=O.OCCNCCO.OCCNCCO.OCCNCCO.OCCNCCO. The van der Waals surface area contributed by atoms with Crippen LogP contribution in [0.1, 0.15) is 52.6 Å². The third-order valence-electron chi connectivity index (χ3n) is 10.3. The summed E-state index contributed by atoms with van der Waals surface area (Å²) in [4.78, 5) is 60.1. The first-order chi connectivity index (χ1) is 40.0. The molecule has 0 bridgehead atoms. The molecule has 0 heterocycles. The number of hydrogen-bond donors (Lipinski definition) is 20. The average molecular weight is 1220 g/mol. The number of carbonyl (C=O) groups is 5. The molecule has 0 atom stereocenters. The monoisotopic (exact) mass is 1220 g/mol. The van der Waals surface area contributed by atoms with Gasteiger partial charge in [-0.25, -0.2) is 14.4 Å². The molecule has 2 aliphatic rings. The lowest BCUT2D eigenvalue weighted by Crippen LogP contribution is -2.27. The molecule has 0 spiro atoms. The molecular weight excluding hydrogens is 1150 g/mol. The number of hydrazone groups is 2. The number of urea groups is 1. The first-order valence-electron chi connectivity index (χ1n) is 24.9. The Hall–Kier alpha value is -7.81. The molecule has 0 aliphatic heterocycles. The molecule has 0 saturated carbocycles. The van der Waals surface area contributed by atoms with Crippen LogP contribution in [-0.2, 0) is 20.2 Å². The molecule has 2 amide bonds. The van der Waals surface area contributed by atoms with Crippen molar-refractivity contribution in [2.45, 2.75) is 0 Å². The summed E-state index contributed by atoms with van der Waals surface area (Å²) in [6, 6.07) is 17.1. The average Bonchev–Trinajstić information content (AvgIpc) is 1.35. The van der Waals surface area contributed by atoms with Gasteiger partial charge in [-0.2, -0.15) is 27.0 Å². The number of hydrogen-bond acceptors (Lipinski definition) is 25. The zero-order valence-corrected chi connectivity index (χ0v) is 46.4. The van der Waals surface area contributed by atoms with Gasteiger partial charge in [-0.3, -0.25) is 29.5 Å². The third kappa shape index (κ3) is 25.8. The summed E-state index contributed by atoms with van der Waals surface area (Å²) in [6.07, 6.45) is 1.93. The number of benzene rings is 4. The second-order valence-corrected chi connectivity index (χ2v) is 19.3. The predicted octanol–water partition coefficient (Wildman–Crippen LogP) is -1.24. The first-order valence-corrected chi connectivity index (χ1v) is 27.8. The fraction of sp³-hybridized carbons (Fsp3) is 0.314. The molecule has 460 valence electrons. The van der Waals surface area contributed by atoms with Gasteiger partial charge < -0.3 is 83.0 Å². The van der Waals surface area contributed by atoms with Crippen LogP contribution in [0.3, 0.4) is 0 Å². The summed E-state index contributed by atoms with van der Waals surface area (Å²) >= 11 is 0. The Morgan fingerprint density at radius 1 is 0.405 bits per heavy atom. The normalized spacial score (nSPS) is 13.3. The molecule has 0 saturated heterocycles. The predicted molar refractivity (Wildman–Crippen MR) is 310 cm³/mol. The van der Waals surface area contributed by atoms with Gasteiger partial charge in [-0.1, -0.05) is 0 Å². The van der Waals surface area contributed by atoms with E-state index in [4.69, 9.17) is 51.1 Å². The first kappa shape index (κ1) is 72.3. The van der Waals surface area contributed by atoms with Crippen LogP contribution in [0.25, 0.3) is 12.2 Å². The number of fused-ring (bicyclic) bond motifs is 2. The molecule has 0 radical (unpaired) electrons. The largest absolute Gasteiger partial charge is 0.478 e. The molecule has 31 nitrogen and oxygen atoms in total. The third-order valence-corrected chi connectivity index (χ3v) is 12.0. The van der Waals surface area contributed by atoms with E-state index in [1.54, 1.807) is 0 Å². The zero-order valence-electron chi connectivity index (χ0n) is 44.8. The van der Waals surface area contributed by atoms with Crippen molar-refractivity contribution >= 4 is 96.1 Å².